The Kier molecular flexibility index (Phi) is 3.19. The number of aryl methyl sites for hydroxylation is 1. The number of aromatic nitrogens is 1. The van der Waals surface area contributed by atoms with Crippen molar-refractivity contribution in [3.05, 3.63) is 48.2 Å². The molecule has 3 heteroatoms. The van der Waals surface area contributed by atoms with Crippen molar-refractivity contribution in [3.8, 4) is 17.0 Å². The smallest absolute Gasteiger partial charge is 0.308 e. The van der Waals surface area contributed by atoms with Crippen LogP contribution in [0.15, 0.2) is 42.6 Å². The minimum Gasteiger partial charge on any atom is -0.427 e. The van der Waals surface area contributed by atoms with Gasteiger partial charge in [-0.1, -0.05) is 6.07 Å². The molecule has 0 amide bonds. The van der Waals surface area contributed by atoms with Crippen LogP contribution in [0.1, 0.15) is 12.5 Å². The number of hydrogen-bond acceptors (Lipinski definition) is 3. The summed E-state index contributed by atoms with van der Waals surface area (Å²) in [5.74, 6) is 0.236. The minimum atomic E-state index is -0.314. The van der Waals surface area contributed by atoms with Crippen molar-refractivity contribution in [2.75, 3.05) is 0 Å². The van der Waals surface area contributed by atoms with E-state index < -0.39 is 0 Å². The molecule has 0 unspecified atom stereocenters. The molecule has 0 aliphatic carbocycles. The molecule has 0 atom stereocenters. The van der Waals surface area contributed by atoms with E-state index in [-0.39, 0.29) is 5.97 Å². The fraction of sp³-hybridized carbons (Fsp3) is 0.143. The first kappa shape index (κ1) is 11.3. The first-order valence-electron chi connectivity index (χ1n) is 5.36. The molecule has 0 fully saturated rings. The van der Waals surface area contributed by atoms with Gasteiger partial charge in [-0.2, -0.15) is 0 Å². The van der Waals surface area contributed by atoms with Crippen molar-refractivity contribution >= 4 is 5.97 Å². The number of pyridine rings is 1. The molecule has 0 aliphatic rings. The lowest BCUT2D eigenvalue weighted by atomic mass is 10.1. The Hall–Kier alpha value is -2.16. The highest BCUT2D eigenvalue weighted by atomic mass is 16.5. The van der Waals surface area contributed by atoms with Crippen LogP contribution in [0.3, 0.4) is 0 Å². The van der Waals surface area contributed by atoms with Crippen LogP contribution in [-0.4, -0.2) is 11.0 Å². The summed E-state index contributed by atoms with van der Waals surface area (Å²) in [7, 11) is 0. The largest absolute Gasteiger partial charge is 0.427 e. The Morgan fingerprint density at radius 1 is 1.12 bits per heavy atom. The van der Waals surface area contributed by atoms with Gasteiger partial charge in [-0.25, -0.2) is 0 Å². The van der Waals surface area contributed by atoms with E-state index in [2.05, 4.69) is 4.98 Å². The van der Waals surface area contributed by atoms with Gasteiger partial charge >= 0.3 is 5.97 Å². The summed E-state index contributed by atoms with van der Waals surface area (Å²) in [6.45, 7) is 3.38. The maximum Gasteiger partial charge on any atom is 0.308 e. The van der Waals surface area contributed by atoms with E-state index in [1.807, 2.05) is 37.4 Å². The van der Waals surface area contributed by atoms with E-state index in [1.54, 1.807) is 12.1 Å². The summed E-state index contributed by atoms with van der Waals surface area (Å²) < 4.78 is 4.96. The molecule has 0 bridgehead atoms. The molecule has 17 heavy (non-hydrogen) atoms. The van der Waals surface area contributed by atoms with E-state index in [0.717, 1.165) is 16.8 Å². The van der Waals surface area contributed by atoms with Crippen LogP contribution >= 0.6 is 0 Å². The number of rotatable bonds is 2. The predicted molar refractivity (Wildman–Crippen MR) is 65.7 cm³/mol. The Balaban J connectivity index is 2.23. The van der Waals surface area contributed by atoms with Crippen LogP contribution in [0.25, 0.3) is 11.3 Å². The fourth-order valence-electron chi connectivity index (χ4n) is 1.50. The third-order valence-electron chi connectivity index (χ3n) is 2.32. The molecule has 86 valence electrons. The summed E-state index contributed by atoms with van der Waals surface area (Å²) in [4.78, 5) is 15.1. The van der Waals surface area contributed by atoms with Crippen molar-refractivity contribution < 1.29 is 9.53 Å². The van der Waals surface area contributed by atoms with Gasteiger partial charge in [-0.05, 0) is 42.8 Å². The minimum absolute atomic E-state index is 0.314. The SMILES string of the molecule is CC(=O)Oc1ccc(-c2ccc(C)cn2)cc1. The quantitative estimate of drug-likeness (QED) is 0.585. The van der Waals surface area contributed by atoms with Gasteiger partial charge in [0, 0.05) is 18.7 Å². The average molecular weight is 227 g/mol. The van der Waals surface area contributed by atoms with Crippen molar-refractivity contribution in [1.82, 2.24) is 4.98 Å². The van der Waals surface area contributed by atoms with E-state index in [1.165, 1.54) is 6.92 Å². The van der Waals surface area contributed by atoms with Crippen LogP contribution in [0.5, 0.6) is 5.75 Å². The second-order valence-corrected chi connectivity index (χ2v) is 3.84. The zero-order chi connectivity index (χ0) is 12.3. The summed E-state index contributed by atoms with van der Waals surface area (Å²) >= 11 is 0. The highest BCUT2D eigenvalue weighted by Crippen LogP contribution is 2.20. The standard InChI is InChI=1S/C14H13NO2/c1-10-3-8-14(15-9-10)12-4-6-13(7-5-12)17-11(2)16/h3-9H,1-2H3. The third-order valence-corrected chi connectivity index (χ3v) is 2.32. The van der Waals surface area contributed by atoms with Crippen molar-refractivity contribution in [1.29, 1.82) is 0 Å². The second kappa shape index (κ2) is 4.78. The van der Waals surface area contributed by atoms with Crippen molar-refractivity contribution in [3.63, 3.8) is 0 Å². The number of ether oxygens (including phenoxy) is 1. The zero-order valence-corrected chi connectivity index (χ0v) is 9.81. The Morgan fingerprint density at radius 3 is 2.35 bits per heavy atom. The Labute approximate surface area is 100 Å². The highest BCUT2D eigenvalue weighted by Gasteiger charge is 2.01. The first-order valence-corrected chi connectivity index (χ1v) is 5.36. The number of esters is 1. The van der Waals surface area contributed by atoms with Crippen LogP contribution < -0.4 is 4.74 Å². The van der Waals surface area contributed by atoms with Crippen LogP contribution in [0.2, 0.25) is 0 Å². The van der Waals surface area contributed by atoms with Crippen LogP contribution in [0, 0.1) is 6.92 Å². The van der Waals surface area contributed by atoms with Gasteiger partial charge in [0.1, 0.15) is 5.75 Å². The Morgan fingerprint density at radius 2 is 1.82 bits per heavy atom. The maximum atomic E-state index is 10.8. The van der Waals surface area contributed by atoms with Gasteiger partial charge in [0.25, 0.3) is 0 Å². The zero-order valence-electron chi connectivity index (χ0n) is 9.81. The number of carbonyl (C=O) groups excluding carboxylic acids is 1. The molecule has 0 saturated heterocycles. The lowest BCUT2D eigenvalue weighted by molar-refractivity contribution is -0.131. The molecule has 2 aromatic rings. The fourth-order valence-corrected chi connectivity index (χ4v) is 1.50. The summed E-state index contributed by atoms with van der Waals surface area (Å²) in [6.07, 6.45) is 1.83. The van der Waals surface area contributed by atoms with Crippen molar-refractivity contribution in [2.24, 2.45) is 0 Å². The summed E-state index contributed by atoms with van der Waals surface area (Å²) in [5, 5.41) is 0. The number of carbonyl (C=O) groups is 1. The molecule has 0 N–H and O–H groups in total. The lowest BCUT2D eigenvalue weighted by Crippen LogP contribution is -2.00. The molecular weight excluding hydrogens is 214 g/mol. The monoisotopic (exact) mass is 227 g/mol. The van der Waals surface area contributed by atoms with E-state index in [4.69, 9.17) is 4.74 Å². The molecule has 1 aromatic heterocycles. The van der Waals surface area contributed by atoms with Crippen molar-refractivity contribution in [2.45, 2.75) is 13.8 Å². The molecule has 0 spiro atoms. The van der Waals surface area contributed by atoms with Gasteiger partial charge in [-0.3, -0.25) is 9.78 Å². The molecule has 2 rings (SSSR count). The average Bonchev–Trinajstić information content (AvgIpc) is 2.30. The van der Waals surface area contributed by atoms with Gasteiger partial charge in [0.15, 0.2) is 0 Å². The third kappa shape index (κ3) is 2.91. The number of hydrogen-bond donors (Lipinski definition) is 0. The van der Waals surface area contributed by atoms with E-state index in [9.17, 15) is 4.79 Å². The predicted octanol–water partition coefficient (Wildman–Crippen LogP) is 2.98. The molecule has 3 nitrogen and oxygen atoms in total. The number of benzene rings is 1. The Bertz CT molecular complexity index is 515. The highest BCUT2D eigenvalue weighted by molar-refractivity contribution is 5.70. The topological polar surface area (TPSA) is 39.2 Å². The maximum absolute atomic E-state index is 10.8. The molecule has 0 aliphatic heterocycles. The van der Waals surface area contributed by atoms with E-state index >= 15 is 0 Å². The first-order chi connectivity index (χ1) is 8.15. The van der Waals surface area contributed by atoms with Gasteiger partial charge in [0.05, 0.1) is 5.69 Å². The number of nitrogens with zero attached hydrogens (tertiary/aromatic N) is 1. The molecule has 0 saturated carbocycles. The molecule has 0 radical (unpaired) electrons. The molecule has 1 heterocycles. The van der Waals surface area contributed by atoms with Gasteiger partial charge in [-0.15, -0.1) is 0 Å². The van der Waals surface area contributed by atoms with E-state index in [0.29, 0.717) is 5.75 Å². The molecular formula is C14H13NO2. The van der Waals surface area contributed by atoms with Crippen LogP contribution in [-0.2, 0) is 4.79 Å². The van der Waals surface area contributed by atoms with Gasteiger partial charge < -0.3 is 4.74 Å². The van der Waals surface area contributed by atoms with Crippen LogP contribution in [0.4, 0.5) is 0 Å². The molecule has 1 aromatic carbocycles. The summed E-state index contributed by atoms with van der Waals surface area (Å²) in [6, 6.07) is 11.3. The van der Waals surface area contributed by atoms with Gasteiger partial charge in [0.2, 0.25) is 0 Å². The second-order valence-electron chi connectivity index (χ2n) is 3.84. The summed E-state index contributed by atoms with van der Waals surface area (Å²) in [5.41, 5.74) is 3.04. The lowest BCUT2D eigenvalue weighted by Gasteiger charge is -2.03. The normalized spacial score (nSPS) is 10.0.